The van der Waals surface area contributed by atoms with Crippen LogP contribution in [0.25, 0.3) is 0 Å². The Morgan fingerprint density at radius 3 is 2.74 bits per heavy atom. The van der Waals surface area contributed by atoms with E-state index in [1.54, 1.807) is 17.0 Å². The molecule has 2 fully saturated rings. The average Bonchev–Trinajstić information content (AvgIpc) is 2.86. The third kappa shape index (κ3) is 5.12. The average molecular weight is 378 g/mol. The second kappa shape index (κ2) is 8.91. The van der Waals surface area contributed by atoms with Crippen molar-refractivity contribution in [1.82, 2.24) is 9.80 Å². The van der Waals surface area contributed by atoms with Crippen molar-refractivity contribution >= 4 is 5.91 Å². The van der Waals surface area contributed by atoms with Crippen LogP contribution in [0.4, 0.5) is 0 Å². The fourth-order valence-electron chi connectivity index (χ4n) is 3.82. The van der Waals surface area contributed by atoms with Gasteiger partial charge in [-0.15, -0.1) is 0 Å². The van der Waals surface area contributed by atoms with Crippen molar-refractivity contribution in [2.45, 2.75) is 31.8 Å². The zero-order valence-electron chi connectivity index (χ0n) is 16.0. The molecule has 0 spiro atoms. The summed E-state index contributed by atoms with van der Waals surface area (Å²) in [6.45, 7) is 7.14. The quantitative estimate of drug-likeness (QED) is 0.808. The molecule has 0 aromatic heterocycles. The number of amides is 1. The molecule has 0 unspecified atom stereocenters. The maximum absolute atomic E-state index is 12.9. The van der Waals surface area contributed by atoms with E-state index in [9.17, 15) is 15.0 Å². The maximum Gasteiger partial charge on any atom is 0.253 e. The molecule has 2 N–H and O–H groups in total. The Balaban J connectivity index is 1.63. The summed E-state index contributed by atoms with van der Waals surface area (Å²) in [5.74, 6) is 0.262. The van der Waals surface area contributed by atoms with Crippen LogP contribution < -0.4 is 4.74 Å². The third-order valence-corrected chi connectivity index (χ3v) is 5.33. The largest absolute Gasteiger partial charge is 0.504 e. The van der Waals surface area contributed by atoms with Gasteiger partial charge in [-0.1, -0.05) is 0 Å². The van der Waals surface area contributed by atoms with Gasteiger partial charge in [-0.25, -0.2) is 0 Å². The maximum atomic E-state index is 12.9. The van der Waals surface area contributed by atoms with Gasteiger partial charge < -0.3 is 24.6 Å². The molecule has 2 aliphatic rings. The van der Waals surface area contributed by atoms with Crippen LogP contribution in [0, 0.1) is 0 Å². The van der Waals surface area contributed by atoms with Gasteiger partial charge in [0.25, 0.3) is 5.91 Å². The lowest BCUT2D eigenvalue weighted by Gasteiger charge is -2.35. The smallest absolute Gasteiger partial charge is 0.253 e. The zero-order chi connectivity index (χ0) is 19.3. The highest BCUT2D eigenvalue weighted by Crippen LogP contribution is 2.29. The van der Waals surface area contributed by atoms with Gasteiger partial charge in [0.1, 0.15) is 0 Å². The number of nitrogens with zero attached hydrogens (tertiary/aromatic N) is 2. The first-order valence-electron chi connectivity index (χ1n) is 9.78. The number of β-amino-alcohol motifs (C(OH)–C–C–N with tert-alkyl or cyclic N) is 1. The van der Waals surface area contributed by atoms with Crippen LogP contribution in [0.2, 0.25) is 0 Å². The van der Waals surface area contributed by atoms with Crippen LogP contribution in [-0.2, 0) is 4.74 Å². The number of aromatic hydroxyl groups is 1. The minimum atomic E-state index is -0.766. The Morgan fingerprint density at radius 1 is 1.22 bits per heavy atom. The fraction of sp³-hybridized carbons (Fsp3) is 0.650. The van der Waals surface area contributed by atoms with E-state index < -0.39 is 5.60 Å². The summed E-state index contributed by atoms with van der Waals surface area (Å²) in [6.07, 6.45) is 2.02. The number of ether oxygens (including phenoxy) is 2. The van der Waals surface area contributed by atoms with E-state index in [1.165, 1.54) is 6.07 Å². The van der Waals surface area contributed by atoms with Gasteiger partial charge >= 0.3 is 0 Å². The van der Waals surface area contributed by atoms with Crippen molar-refractivity contribution in [3.8, 4) is 11.5 Å². The summed E-state index contributed by atoms with van der Waals surface area (Å²) >= 11 is 0. The van der Waals surface area contributed by atoms with E-state index in [2.05, 4.69) is 4.90 Å². The minimum absolute atomic E-state index is 0.0316. The molecule has 0 radical (unpaired) electrons. The molecule has 7 nitrogen and oxygen atoms in total. The van der Waals surface area contributed by atoms with Gasteiger partial charge in [0.15, 0.2) is 11.5 Å². The highest BCUT2D eigenvalue weighted by Gasteiger charge is 2.34. The molecule has 0 bridgehead atoms. The molecule has 1 aromatic rings. The van der Waals surface area contributed by atoms with Crippen LogP contribution in [0.3, 0.4) is 0 Å². The molecule has 0 saturated carbocycles. The van der Waals surface area contributed by atoms with E-state index in [-0.39, 0.29) is 11.7 Å². The predicted molar refractivity (Wildman–Crippen MR) is 101 cm³/mol. The van der Waals surface area contributed by atoms with E-state index in [1.807, 2.05) is 6.92 Å². The highest BCUT2D eigenvalue weighted by molar-refractivity contribution is 5.95. The summed E-state index contributed by atoms with van der Waals surface area (Å²) < 4.78 is 10.8. The van der Waals surface area contributed by atoms with E-state index >= 15 is 0 Å². The number of likely N-dealkylation sites (tertiary alicyclic amines) is 1. The second-order valence-electron chi connectivity index (χ2n) is 7.37. The molecule has 2 saturated heterocycles. The van der Waals surface area contributed by atoms with Crippen LogP contribution in [-0.4, -0.2) is 84.1 Å². The number of phenolic OH excluding ortho intramolecular Hbond substituents is 1. The first-order chi connectivity index (χ1) is 13.0. The van der Waals surface area contributed by atoms with Gasteiger partial charge in [-0.05, 0) is 44.4 Å². The molecule has 27 heavy (non-hydrogen) atoms. The summed E-state index contributed by atoms with van der Waals surface area (Å²) in [5, 5.41) is 20.9. The normalized spacial score (nSPS) is 24.4. The Bertz CT molecular complexity index is 647. The Labute approximate surface area is 160 Å². The van der Waals surface area contributed by atoms with E-state index in [4.69, 9.17) is 9.47 Å². The van der Waals surface area contributed by atoms with Crippen molar-refractivity contribution in [3.63, 3.8) is 0 Å². The zero-order valence-corrected chi connectivity index (χ0v) is 16.0. The number of benzene rings is 1. The summed E-state index contributed by atoms with van der Waals surface area (Å²) in [4.78, 5) is 16.9. The monoisotopic (exact) mass is 378 g/mol. The number of hydrogen-bond donors (Lipinski definition) is 2. The van der Waals surface area contributed by atoms with E-state index in [0.717, 1.165) is 19.5 Å². The number of aliphatic hydroxyl groups is 1. The van der Waals surface area contributed by atoms with Gasteiger partial charge in [-0.2, -0.15) is 0 Å². The third-order valence-electron chi connectivity index (χ3n) is 5.33. The molecule has 1 amide bonds. The lowest BCUT2D eigenvalue weighted by atomic mass is 9.94. The predicted octanol–water partition coefficient (Wildman–Crippen LogP) is 1.48. The van der Waals surface area contributed by atoms with Gasteiger partial charge in [0.05, 0.1) is 25.4 Å². The topological polar surface area (TPSA) is 82.5 Å². The molecule has 7 heteroatoms. The number of rotatable bonds is 5. The number of carbonyl (C=O) groups is 1. The summed E-state index contributed by atoms with van der Waals surface area (Å²) in [6, 6.07) is 4.70. The molecule has 150 valence electrons. The molecule has 0 aliphatic carbocycles. The Hall–Kier alpha value is -1.83. The molecule has 1 atom stereocenters. The number of hydrogen-bond acceptors (Lipinski definition) is 6. The number of carbonyl (C=O) groups excluding carboxylic acids is 1. The van der Waals surface area contributed by atoms with Crippen molar-refractivity contribution in [2.75, 3.05) is 52.5 Å². The highest BCUT2D eigenvalue weighted by atomic mass is 16.5. The Morgan fingerprint density at radius 2 is 2.00 bits per heavy atom. The molecule has 3 rings (SSSR count). The summed E-state index contributed by atoms with van der Waals surface area (Å²) in [5.41, 5.74) is -0.271. The van der Waals surface area contributed by atoms with Gasteiger partial charge in [0, 0.05) is 38.3 Å². The van der Waals surface area contributed by atoms with E-state index in [0.29, 0.717) is 63.6 Å². The minimum Gasteiger partial charge on any atom is -0.504 e. The van der Waals surface area contributed by atoms with Crippen LogP contribution in [0.5, 0.6) is 11.5 Å². The molecule has 2 aliphatic heterocycles. The van der Waals surface area contributed by atoms with Gasteiger partial charge in [-0.3, -0.25) is 9.69 Å². The van der Waals surface area contributed by atoms with Crippen molar-refractivity contribution in [2.24, 2.45) is 0 Å². The first-order valence-corrected chi connectivity index (χ1v) is 9.78. The number of phenols is 1. The van der Waals surface area contributed by atoms with Crippen molar-refractivity contribution in [1.29, 1.82) is 0 Å². The van der Waals surface area contributed by atoms with Crippen molar-refractivity contribution in [3.05, 3.63) is 23.8 Å². The molecular weight excluding hydrogens is 348 g/mol. The van der Waals surface area contributed by atoms with Crippen LogP contribution >= 0.6 is 0 Å². The molecule has 1 aromatic carbocycles. The fourth-order valence-corrected chi connectivity index (χ4v) is 3.82. The lowest BCUT2D eigenvalue weighted by molar-refractivity contribution is -0.0389. The van der Waals surface area contributed by atoms with Crippen molar-refractivity contribution < 1.29 is 24.5 Å². The Kier molecular flexibility index (Phi) is 6.57. The van der Waals surface area contributed by atoms with Gasteiger partial charge in [0.2, 0.25) is 0 Å². The second-order valence-corrected chi connectivity index (χ2v) is 7.37. The molecule has 2 heterocycles. The van der Waals surface area contributed by atoms with Crippen LogP contribution in [0.1, 0.15) is 36.5 Å². The van der Waals surface area contributed by atoms with Crippen LogP contribution in [0.15, 0.2) is 18.2 Å². The first kappa shape index (κ1) is 19.9. The number of morpholine rings is 1. The standard InChI is InChI=1S/C20H30N2O5/c1-2-27-18-14-16(4-5-17(18)23)19(24)22-8-3-6-20(25,7-9-22)15-21-10-12-26-13-11-21/h4-5,14,23,25H,2-3,6-13,15H2,1H3/t20-/m1/s1. The lowest BCUT2D eigenvalue weighted by Crippen LogP contribution is -2.48. The summed E-state index contributed by atoms with van der Waals surface area (Å²) in [7, 11) is 0. The SMILES string of the molecule is CCOc1cc(C(=O)N2CCC[C@](O)(CN3CCOCC3)CC2)ccc1O. The molecular formula is C20H30N2O5.